The number of piperidine rings is 1. The third-order valence-corrected chi connectivity index (χ3v) is 5.79. The maximum absolute atomic E-state index is 13.0. The maximum Gasteiger partial charge on any atom is 0.340 e. The van der Waals surface area contributed by atoms with E-state index < -0.39 is 5.97 Å². The van der Waals surface area contributed by atoms with Crippen LogP contribution in [0.15, 0.2) is 72.0 Å². The molecule has 0 saturated carbocycles. The molecule has 1 unspecified atom stereocenters. The Hall–Kier alpha value is -3.05. The number of anilines is 1. The Morgan fingerprint density at radius 3 is 2.77 bits per heavy atom. The number of carbonyl (C=O) groups is 2. The van der Waals surface area contributed by atoms with Gasteiger partial charge in [-0.25, -0.2) is 4.79 Å². The number of hydrogen-bond donors (Lipinski definition) is 1. The molecule has 0 spiro atoms. The van der Waals surface area contributed by atoms with Gasteiger partial charge in [-0.1, -0.05) is 48.0 Å². The van der Waals surface area contributed by atoms with Crippen molar-refractivity contribution in [2.45, 2.75) is 19.4 Å². The number of nitrogens with zero attached hydrogens (tertiary/aromatic N) is 1. The lowest BCUT2D eigenvalue weighted by atomic mass is 9.83. The van der Waals surface area contributed by atoms with Gasteiger partial charge in [0.05, 0.1) is 18.4 Å². The molecule has 1 aliphatic carbocycles. The predicted molar refractivity (Wildman–Crippen MR) is 117 cm³/mol. The van der Waals surface area contributed by atoms with Crippen LogP contribution in [0.1, 0.15) is 28.8 Å². The van der Waals surface area contributed by atoms with E-state index in [2.05, 4.69) is 5.32 Å². The summed E-state index contributed by atoms with van der Waals surface area (Å²) in [6, 6.07) is 15.1. The van der Waals surface area contributed by atoms with Crippen LogP contribution in [0.3, 0.4) is 0 Å². The van der Waals surface area contributed by atoms with Crippen molar-refractivity contribution >= 4 is 29.2 Å². The Kier molecular flexibility index (Phi) is 5.91. The fourth-order valence-electron chi connectivity index (χ4n) is 3.99. The number of benzene rings is 2. The molecule has 0 radical (unpaired) electrons. The number of amides is 1. The number of methoxy groups -OCH3 is 1. The molecule has 1 fully saturated rings. The van der Waals surface area contributed by atoms with Crippen molar-refractivity contribution < 1.29 is 14.3 Å². The molecule has 2 aromatic carbocycles. The molecule has 1 heterocycles. The summed E-state index contributed by atoms with van der Waals surface area (Å²) in [6.07, 6.45) is 5.46. The maximum atomic E-state index is 13.0. The average Bonchev–Trinajstić information content (AvgIpc) is 2.77. The third-order valence-electron chi connectivity index (χ3n) is 5.55. The number of esters is 1. The van der Waals surface area contributed by atoms with Crippen LogP contribution in [0.25, 0.3) is 0 Å². The second-order valence-electron chi connectivity index (χ2n) is 7.52. The highest BCUT2D eigenvalue weighted by atomic mass is 35.5. The molecule has 5 nitrogen and oxygen atoms in total. The van der Waals surface area contributed by atoms with Crippen molar-refractivity contribution in [3.63, 3.8) is 0 Å². The number of carbonyl (C=O) groups excluding carboxylic acids is 2. The Morgan fingerprint density at radius 1 is 1.20 bits per heavy atom. The Balaban J connectivity index is 1.51. The van der Waals surface area contributed by atoms with Crippen LogP contribution in [0.2, 0.25) is 5.02 Å². The van der Waals surface area contributed by atoms with Crippen LogP contribution >= 0.6 is 11.6 Å². The van der Waals surface area contributed by atoms with Crippen LogP contribution in [-0.4, -0.2) is 30.4 Å². The number of halogens is 1. The summed E-state index contributed by atoms with van der Waals surface area (Å²) in [7, 11) is 1.34. The zero-order chi connectivity index (χ0) is 21.1. The predicted octanol–water partition coefficient (Wildman–Crippen LogP) is 4.80. The van der Waals surface area contributed by atoms with Crippen LogP contribution in [0, 0.1) is 5.92 Å². The Labute approximate surface area is 181 Å². The van der Waals surface area contributed by atoms with Gasteiger partial charge >= 0.3 is 5.97 Å². The van der Waals surface area contributed by atoms with Crippen molar-refractivity contribution in [3.8, 4) is 0 Å². The summed E-state index contributed by atoms with van der Waals surface area (Å²) < 4.78 is 4.86. The minimum Gasteiger partial charge on any atom is -0.465 e. The first-order valence-electron chi connectivity index (χ1n) is 9.94. The second-order valence-corrected chi connectivity index (χ2v) is 7.96. The van der Waals surface area contributed by atoms with Gasteiger partial charge in [0.2, 0.25) is 5.91 Å². The Bertz CT molecular complexity index is 1030. The van der Waals surface area contributed by atoms with Gasteiger partial charge in [0.15, 0.2) is 0 Å². The van der Waals surface area contributed by atoms with Crippen molar-refractivity contribution in [1.82, 2.24) is 4.90 Å². The van der Waals surface area contributed by atoms with Gasteiger partial charge in [0.1, 0.15) is 0 Å². The first-order valence-corrected chi connectivity index (χ1v) is 10.3. The van der Waals surface area contributed by atoms with Gasteiger partial charge in [0.25, 0.3) is 0 Å². The van der Waals surface area contributed by atoms with Crippen LogP contribution < -0.4 is 5.32 Å². The van der Waals surface area contributed by atoms with Gasteiger partial charge in [0, 0.05) is 29.4 Å². The highest BCUT2D eigenvalue weighted by Gasteiger charge is 2.33. The van der Waals surface area contributed by atoms with Gasteiger partial charge in [-0.2, -0.15) is 0 Å². The van der Waals surface area contributed by atoms with Crippen LogP contribution in [0.4, 0.5) is 5.69 Å². The van der Waals surface area contributed by atoms with E-state index in [1.807, 2.05) is 47.4 Å². The lowest BCUT2D eigenvalue weighted by Gasteiger charge is -2.36. The van der Waals surface area contributed by atoms with Gasteiger partial charge in [-0.05, 0) is 48.6 Å². The van der Waals surface area contributed by atoms with Crippen molar-refractivity contribution in [2.75, 3.05) is 19.0 Å². The fraction of sp³-hybridized carbons (Fsp3) is 0.250. The summed E-state index contributed by atoms with van der Waals surface area (Å²) in [5, 5.41) is 3.79. The van der Waals surface area contributed by atoms with Gasteiger partial charge in [-0.15, -0.1) is 0 Å². The molecule has 2 aliphatic rings. The number of likely N-dealkylation sites (tertiary alicyclic amines) is 1. The zero-order valence-electron chi connectivity index (χ0n) is 16.7. The second kappa shape index (κ2) is 8.76. The summed E-state index contributed by atoms with van der Waals surface area (Å²) in [5.41, 5.74) is 3.97. The molecular weight excluding hydrogens is 400 g/mol. The van der Waals surface area contributed by atoms with Crippen LogP contribution in [-0.2, 0) is 16.1 Å². The molecule has 1 amide bonds. The minimum absolute atomic E-state index is 0.104. The molecule has 1 atom stereocenters. The normalized spacial score (nSPS) is 18.3. The quantitative estimate of drug-likeness (QED) is 0.703. The molecule has 4 rings (SSSR count). The molecule has 1 saturated heterocycles. The highest BCUT2D eigenvalue weighted by molar-refractivity contribution is 6.31. The van der Waals surface area contributed by atoms with E-state index in [1.165, 1.54) is 7.11 Å². The number of nitrogens with one attached hydrogen (secondary N) is 1. The minimum atomic E-state index is -0.447. The number of ether oxygens (including phenoxy) is 1. The summed E-state index contributed by atoms with van der Waals surface area (Å²) in [4.78, 5) is 27.0. The van der Waals surface area contributed by atoms with Crippen molar-refractivity contribution in [3.05, 3.63) is 88.1 Å². The van der Waals surface area contributed by atoms with Gasteiger partial charge < -0.3 is 15.0 Å². The third kappa shape index (κ3) is 4.26. The first kappa shape index (κ1) is 20.2. The highest BCUT2D eigenvalue weighted by Crippen LogP contribution is 2.35. The number of rotatable bonds is 5. The topological polar surface area (TPSA) is 58.6 Å². The number of fused-ring (bicyclic) bond motifs is 1. The van der Waals surface area contributed by atoms with E-state index in [1.54, 1.807) is 18.2 Å². The first-order chi connectivity index (χ1) is 14.5. The fourth-order valence-corrected chi connectivity index (χ4v) is 4.17. The number of hydrogen-bond acceptors (Lipinski definition) is 4. The van der Waals surface area contributed by atoms with Crippen molar-refractivity contribution in [1.29, 1.82) is 0 Å². The molecule has 154 valence electrons. The van der Waals surface area contributed by atoms with Gasteiger partial charge in [-0.3, -0.25) is 4.79 Å². The van der Waals surface area contributed by atoms with E-state index in [-0.39, 0.29) is 11.8 Å². The lowest BCUT2D eigenvalue weighted by molar-refractivity contribution is -0.130. The molecule has 6 heteroatoms. The molecule has 1 aliphatic heterocycles. The summed E-state index contributed by atoms with van der Waals surface area (Å²) >= 11 is 6.04. The van der Waals surface area contributed by atoms with Crippen molar-refractivity contribution in [2.24, 2.45) is 5.92 Å². The van der Waals surface area contributed by atoms with E-state index in [0.29, 0.717) is 22.8 Å². The number of allylic oxidation sites excluding steroid dienone is 3. The Morgan fingerprint density at radius 2 is 2.00 bits per heavy atom. The van der Waals surface area contributed by atoms with Crippen LogP contribution in [0.5, 0.6) is 0 Å². The smallest absolute Gasteiger partial charge is 0.340 e. The van der Waals surface area contributed by atoms with E-state index in [4.69, 9.17) is 16.3 Å². The molecular formula is C24H23ClN2O3. The van der Waals surface area contributed by atoms with E-state index in [0.717, 1.165) is 36.2 Å². The molecule has 0 bridgehead atoms. The molecule has 0 aromatic heterocycles. The standard InChI is InChI=1S/C24H23ClN2O3/c1-30-24(29)21-14-18(25)7-10-22(21)26-19-8-9-20-17(13-19)11-12-27(23(20)28)15-16-5-3-2-4-6-16/h2-10,14,17,26H,11-13,15H2,1H3. The molecule has 30 heavy (non-hydrogen) atoms. The largest absolute Gasteiger partial charge is 0.465 e. The van der Waals surface area contributed by atoms with E-state index in [9.17, 15) is 9.59 Å². The summed E-state index contributed by atoms with van der Waals surface area (Å²) in [5.74, 6) is -0.171. The van der Waals surface area contributed by atoms with E-state index >= 15 is 0 Å². The lowest BCUT2D eigenvalue weighted by Crippen LogP contribution is -2.41. The molecule has 2 aromatic rings. The molecule has 1 N–H and O–H groups in total. The summed E-state index contributed by atoms with van der Waals surface area (Å²) in [6.45, 7) is 1.36. The zero-order valence-corrected chi connectivity index (χ0v) is 17.5. The average molecular weight is 423 g/mol. The monoisotopic (exact) mass is 422 g/mol. The SMILES string of the molecule is COC(=O)c1cc(Cl)ccc1NC1=CC=C2C(=O)N(Cc3ccccc3)CCC2C1.